The Hall–Kier alpha value is -2.09. The third-order valence-corrected chi connectivity index (χ3v) is 2.44. The first kappa shape index (κ1) is 10.4. The van der Waals surface area contributed by atoms with Gasteiger partial charge in [0, 0.05) is 6.42 Å². The van der Waals surface area contributed by atoms with Crippen LogP contribution < -0.4 is 0 Å². The van der Waals surface area contributed by atoms with E-state index >= 15 is 0 Å². The molecule has 2 heteroatoms. The molecular formula is C14H13NO. The molecular weight excluding hydrogens is 198 g/mol. The first-order valence-electron chi connectivity index (χ1n) is 5.20. The van der Waals surface area contributed by atoms with Crippen LogP contribution in [0.5, 0.6) is 0 Å². The number of hydrogen-bond acceptors (Lipinski definition) is 2. The lowest BCUT2D eigenvalue weighted by atomic mass is 10.0. The number of nitrogens with zero attached hydrogens (tertiary/aromatic N) is 1. The minimum Gasteiger partial charge on any atom is -0.411 e. The van der Waals surface area contributed by atoms with Gasteiger partial charge >= 0.3 is 0 Å². The van der Waals surface area contributed by atoms with E-state index in [1.807, 2.05) is 60.7 Å². The van der Waals surface area contributed by atoms with E-state index in [-0.39, 0.29) is 0 Å². The molecule has 0 aromatic heterocycles. The normalized spacial score (nSPS) is 11.4. The average molecular weight is 211 g/mol. The topological polar surface area (TPSA) is 32.6 Å². The van der Waals surface area contributed by atoms with Gasteiger partial charge in [-0.1, -0.05) is 65.8 Å². The molecule has 0 aliphatic heterocycles. The Morgan fingerprint density at radius 1 is 0.875 bits per heavy atom. The van der Waals surface area contributed by atoms with Crippen LogP contribution >= 0.6 is 0 Å². The standard InChI is InChI=1S/C14H13NO/c16-15-14(13-9-5-2-6-10-13)11-12-7-3-1-4-8-12/h1-10,16H,11H2/b15-14+. The van der Waals surface area contributed by atoms with Crippen LogP contribution in [-0.4, -0.2) is 10.9 Å². The fourth-order valence-electron chi connectivity index (χ4n) is 1.61. The Labute approximate surface area is 94.9 Å². The lowest BCUT2D eigenvalue weighted by Gasteiger charge is -2.04. The van der Waals surface area contributed by atoms with E-state index in [1.54, 1.807) is 0 Å². The van der Waals surface area contributed by atoms with E-state index in [0.717, 1.165) is 11.1 Å². The first-order chi connectivity index (χ1) is 7.90. The van der Waals surface area contributed by atoms with Crippen molar-refractivity contribution in [1.29, 1.82) is 0 Å². The highest BCUT2D eigenvalue weighted by Crippen LogP contribution is 2.08. The van der Waals surface area contributed by atoms with Gasteiger partial charge in [0.05, 0.1) is 5.71 Å². The summed E-state index contributed by atoms with van der Waals surface area (Å²) in [5, 5.41) is 12.4. The van der Waals surface area contributed by atoms with Crippen molar-refractivity contribution in [1.82, 2.24) is 0 Å². The van der Waals surface area contributed by atoms with Gasteiger partial charge in [0.25, 0.3) is 0 Å². The van der Waals surface area contributed by atoms with Gasteiger partial charge in [0.2, 0.25) is 0 Å². The molecule has 0 unspecified atom stereocenters. The molecule has 0 fully saturated rings. The summed E-state index contributed by atoms with van der Waals surface area (Å²) in [4.78, 5) is 0. The maximum absolute atomic E-state index is 9.03. The van der Waals surface area contributed by atoms with Crippen molar-refractivity contribution < 1.29 is 5.21 Å². The molecule has 0 saturated carbocycles. The third-order valence-electron chi connectivity index (χ3n) is 2.44. The Kier molecular flexibility index (Phi) is 3.34. The molecule has 80 valence electrons. The zero-order valence-electron chi connectivity index (χ0n) is 8.88. The summed E-state index contributed by atoms with van der Waals surface area (Å²) in [5.74, 6) is 0. The average Bonchev–Trinajstić information content (AvgIpc) is 2.38. The molecule has 0 amide bonds. The predicted octanol–water partition coefficient (Wildman–Crippen LogP) is 3.11. The third kappa shape index (κ3) is 2.48. The van der Waals surface area contributed by atoms with Crippen LogP contribution in [-0.2, 0) is 6.42 Å². The molecule has 2 rings (SSSR count). The van der Waals surface area contributed by atoms with Crippen LogP contribution in [0.4, 0.5) is 0 Å². The minimum absolute atomic E-state index is 0.640. The second kappa shape index (κ2) is 5.12. The number of rotatable bonds is 3. The van der Waals surface area contributed by atoms with Gasteiger partial charge in [-0.2, -0.15) is 0 Å². The van der Waals surface area contributed by atoms with Gasteiger partial charge in [-0.3, -0.25) is 0 Å². The number of hydrogen-bond donors (Lipinski definition) is 1. The SMILES string of the molecule is O/N=C(\Cc1ccccc1)c1ccccc1. The Morgan fingerprint density at radius 2 is 1.44 bits per heavy atom. The second-order valence-electron chi connectivity index (χ2n) is 3.58. The van der Waals surface area contributed by atoms with Gasteiger partial charge < -0.3 is 5.21 Å². The molecule has 0 radical (unpaired) electrons. The lowest BCUT2D eigenvalue weighted by Crippen LogP contribution is -2.04. The van der Waals surface area contributed by atoms with E-state index in [1.165, 1.54) is 0 Å². The highest BCUT2D eigenvalue weighted by atomic mass is 16.4. The maximum atomic E-state index is 9.03. The van der Waals surface area contributed by atoms with Gasteiger partial charge in [-0.15, -0.1) is 0 Å². The molecule has 0 bridgehead atoms. The summed E-state index contributed by atoms with van der Waals surface area (Å²) in [6, 6.07) is 19.7. The van der Waals surface area contributed by atoms with E-state index in [9.17, 15) is 0 Å². The molecule has 0 saturated heterocycles. The van der Waals surface area contributed by atoms with Crippen LogP contribution in [0.25, 0.3) is 0 Å². The summed E-state index contributed by atoms with van der Waals surface area (Å²) >= 11 is 0. The molecule has 0 heterocycles. The lowest BCUT2D eigenvalue weighted by molar-refractivity contribution is 0.318. The predicted molar refractivity (Wildman–Crippen MR) is 64.9 cm³/mol. The summed E-state index contributed by atoms with van der Waals surface area (Å²) < 4.78 is 0. The van der Waals surface area contributed by atoms with Crippen molar-refractivity contribution in [3.05, 3.63) is 71.8 Å². The Bertz CT molecular complexity index is 463. The summed E-state index contributed by atoms with van der Waals surface area (Å²) in [5.41, 5.74) is 2.78. The van der Waals surface area contributed by atoms with Crippen molar-refractivity contribution in [3.63, 3.8) is 0 Å². The van der Waals surface area contributed by atoms with E-state index in [0.29, 0.717) is 12.1 Å². The van der Waals surface area contributed by atoms with E-state index in [4.69, 9.17) is 5.21 Å². The van der Waals surface area contributed by atoms with Crippen LogP contribution in [0.2, 0.25) is 0 Å². The summed E-state index contributed by atoms with van der Waals surface area (Å²) in [6.45, 7) is 0. The van der Waals surface area contributed by atoms with E-state index < -0.39 is 0 Å². The van der Waals surface area contributed by atoms with E-state index in [2.05, 4.69) is 5.16 Å². The second-order valence-corrected chi connectivity index (χ2v) is 3.58. The van der Waals surface area contributed by atoms with Crippen molar-refractivity contribution in [2.24, 2.45) is 5.16 Å². The van der Waals surface area contributed by atoms with Crippen molar-refractivity contribution >= 4 is 5.71 Å². The van der Waals surface area contributed by atoms with Gasteiger partial charge in [0.1, 0.15) is 0 Å². The summed E-state index contributed by atoms with van der Waals surface area (Å²) in [7, 11) is 0. The minimum atomic E-state index is 0.640. The molecule has 2 nitrogen and oxygen atoms in total. The highest BCUT2D eigenvalue weighted by Gasteiger charge is 2.04. The molecule has 1 N–H and O–H groups in total. The summed E-state index contributed by atoms with van der Waals surface area (Å²) in [6.07, 6.45) is 0.640. The van der Waals surface area contributed by atoms with Gasteiger partial charge in [-0.05, 0) is 11.1 Å². The molecule has 0 aliphatic carbocycles. The van der Waals surface area contributed by atoms with Crippen LogP contribution in [0.3, 0.4) is 0 Å². The Balaban J connectivity index is 2.20. The molecule has 0 atom stereocenters. The van der Waals surface area contributed by atoms with Gasteiger partial charge in [-0.25, -0.2) is 0 Å². The first-order valence-corrected chi connectivity index (χ1v) is 5.20. The zero-order valence-corrected chi connectivity index (χ0v) is 8.88. The largest absolute Gasteiger partial charge is 0.411 e. The molecule has 16 heavy (non-hydrogen) atoms. The van der Waals surface area contributed by atoms with Gasteiger partial charge in [0.15, 0.2) is 0 Å². The fourth-order valence-corrected chi connectivity index (χ4v) is 1.61. The molecule has 2 aromatic carbocycles. The molecule has 0 spiro atoms. The molecule has 2 aromatic rings. The molecule has 0 aliphatic rings. The van der Waals surface area contributed by atoms with Crippen molar-refractivity contribution in [2.75, 3.05) is 0 Å². The van der Waals surface area contributed by atoms with Crippen molar-refractivity contribution in [2.45, 2.75) is 6.42 Å². The monoisotopic (exact) mass is 211 g/mol. The van der Waals surface area contributed by atoms with Crippen LogP contribution in [0, 0.1) is 0 Å². The fraction of sp³-hybridized carbons (Fsp3) is 0.0714. The van der Waals surface area contributed by atoms with Crippen LogP contribution in [0.15, 0.2) is 65.8 Å². The number of benzene rings is 2. The number of oxime groups is 1. The maximum Gasteiger partial charge on any atom is 0.0911 e. The van der Waals surface area contributed by atoms with Crippen molar-refractivity contribution in [3.8, 4) is 0 Å². The Morgan fingerprint density at radius 3 is 2.00 bits per heavy atom. The highest BCUT2D eigenvalue weighted by molar-refractivity contribution is 6.01. The smallest absolute Gasteiger partial charge is 0.0911 e. The quantitative estimate of drug-likeness (QED) is 0.472. The van der Waals surface area contributed by atoms with Crippen LogP contribution in [0.1, 0.15) is 11.1 Å². The zero-order chi connectivity index (χ0) is 11.2.